The van der Waals surface area contributed by atoms with Gasteiger partial charge < -0.3 is 15.4 Å². The van der Waals surface area contributed by atoms with Crippen LogP contribution in [0.3, 0.4) is 0 Å². The summed E-state index contributed by atoms with van der Waals surface area (Å²) in [6.07, 6.45) is 0. The number of anilines is 4. The van der Waals surface area contributed by atoms with Crippen LogP contribution in [0, 0.1) is 6.92 Å². The molecule has 2 aromatic carbocycles. The molecule has 0 aliphatic carbocycles. The molecule has 0 aliphatic heterocycles. The van der Waals surface area contributed by atoms with E-state index in [2.05, 4.69) is 20.6 Å². The first-order valence-electron chi connectivity index (χ1n) is 8.46. The Labute approximate surface area is 162 Å². The molecule has 7 heteroatoms. The first kappa shape index (κ1) is 18.7. The number of aromatic nitrogens is 2. The van der Waals surface area contributed by atoms with Crippen molar-refractivity contribution < 1.29 is 9.53 Å². The molecule has 3 aromatic rings. The van der Waals surface area contributed by atoms with Gasteiger partial charge in [-0.05, 0) is 50.2 Å². The summed E-state index contributed by atoms with van der Waals surface area (Å²) in [4.78, 5) is 20.6. The smallest absolute Gasteiger partial charge is 0.338 e. The minimum atomic E-state index is -0.340. The van der Waals surface area contributed by atoms with Crippen LogP contribution < -0.4 is 10.6 Å². The van der Waals surface area contributed by atoms with E-state index in [1.165, 1.54) is 0 Å². The lowest BCUT2D eigenvalue weighted by atomic mass is 10.2. The van der Waals surface area contributed by atoms with E-state index in [1.54, 1.807) is 37.3 Å². The topological polar surface area (TPSA) is 76.1 Å². The van der Waals surface area contributed by atoms with E-state index in [0.717, 1.165) is 17.1 Å². The Morgan fingerprint density at radius 3 is 2.52 bits per heavy atom. The van der Waals surface area contributed by atoms with Crippen molar-refractivity contribution in [1.82, 2.24) is 9.97 Å². The average molecular weight is 383 g/mol. The Kier molecular flexibility index (Phi) is 5.88. The Morgan fingerprint density at radius 1 is 1.07 bits per heavy atom. The van der Waals surface area contributed by atoms with Crippen molar-refractivity contribution in [3.63, 3.8) is 0 Å². The van der Waals surface area contributed by atoms with Gasteiger partial charge in [0.2, 0.25) is 5.95 Å². The largest absolute Gasteiger partial charge is 0.462 e. The highest BCUT2D eigenvalue weighted by atomic mass is 35.5. The molecule has 1 heterocycles. The molecular weight excluding hydrogens is 364 g/mol. The molecule has 0 fully saturated rings. The molecule has 0 bridgehead atoms. The first-order valence-corrected chi connectivity index (χ1v) is 8.84. The lowest BCUT2D eigenvalue weighted by Crippen LogP contribution is -2.05. The van der Waals surface area contributed by atoms with Crippen LogP contribution in [0.2, 0.25) is 5.02 Å². The third-order valence-electron chi connectivity index (χ3n) is 3.64. The molecule has 0 saturated carbocycles. The molecule has 0 atom stereocenters. The Balaban J connectivity index is 1.76. The van der Waals surface area contributed by atoms with E-state index in [4.69, 9.17) is 16.3 Å². The molecule has 6 nitrogen and oxygen atoms in total. The number of nitrogens with zero attached hydrogens (tertiary/aromatic N) is 2. The molecule has 0 amide bonds. The second kappa shape index (κ2) is 8.51. The van der Waals surface area contributed by atoms with Gasteiger partial charge in [-0.15, -0.1) is 0 Å². The van der Waals surface area contributed by atoms with E-state index < -0.39 is 0 Å². The van der Waals surface area contributed by atoms with Crippen molar-refractivity contribution in [3.05, 3.63) is 70.9 Å². The van der Waals surface area contributed by atoms with Gasteiger partial charge in [-0.25, -0.2) is 9.78 Å². The zero-order valence-corrected chi connectivity index (χ0v) is 15.7. The fraction of sp³-hybridized carbons (Fsp3) is 0.150. The summed E-state index contributed by atoms with van der Waals surface area (Å²) in [7, 11) is 0. The van der Waals surface area contributed by atoms with Crippen LogP contribution in [0.4, 0.5) is 23.1 Å². The van der Waals surface area contributed by atoms with E-state index in [0.29, 0.717) is 29.0 Å². The number of halogens is 1. The number of ether oxygens (including phenoxy) is 1. The molecule has 2 N–H and O–H groups in total. The minimum Gasteiger partial charge on any atom is -0.462 e. The van der Waals surface area contributed by atoms with E-state index >= 15 is 0 Å². The highest BCUT2D eigenvalue weighted by Gasteiger charge is 2.08. The SMILES string of the molecule is CCOC(=O)c1ccc(Nc2cc(C)nc(Nc3ccccc3Cl)n2)cc1. The van der Waals surface area contributed by atoms with Crippen molar-refractivity contribution in [1.29, 1.82) is 0 Å². The highest BCUT2D eigenvalue weighted by Crippen LogP contribution is 2.24. The molecule has 1 aromatic heterocycles. The maximum atomic E-state index is 11.7. The number of rotatable bonds is 6. The summed E-state index contributed by atoms with van der Waals surface area (Å²) in [5, 5.41) is 6.92. The summed E-state index contributed by atoms with van der Waals surface area (Å²) < 4.78 is 4.98. The summed E-state index contributed by atoms with van der Waals surface area (Å²) >= 11 is 6.17. The number of nitrogens with one attached hydrogen (secondary N) is 2. The van der Waals surface area contributed by atoms with Crippen molar-refractivity contribution in [2.24, 2.45) is 0 Å². The molecule has 0 saturated heterocycles. The van der Waals surface area contributed by atoms with Gasteiger partial charge in [-0.2, -0.15) is 4.98 Å². The van der Waals surface area contributed by atoms with E-state index in [1.807, 2.05) is 31.2 Å². The highest BCUT2D eigenvalue weighted by molar-refractivity contribution is 6.33. The quantitative estimate of drug-likeness (QED) is 0.577. The standard InChI is InChI=1S/C20H19ClN4O2/c1-3-27-19(26)14-8-10-15(11-9-14)23-18-12-13(2)22-20(25-18)24-17-7-5-4-6-16(17)21/h4-12H,3H2,1-2H3,(H2,22,23,24,25). The predicted octanol–water partition coefficient (Wildman–Crippen LogP) is 5.10. The summed E-state index contributed by atoms with van der Waals surface area (Å²) in [5.41, 5.74) is 2.83. The van der Waals surface area contributed by atoms with Gasteiger partial charge in [0, 0.05) is 17.4 Å². The van der Waals surface area contributed by atoms with E-state index in [-0.39, 0.29) is 5.97 Å². The number of esters is 1. The van der Waals surface area contributed by atoms with Gasteiger partial charge in [-0.3, -0.25) is 0 Å². The third-order valence-corrected chi connectivity index (χ3v) is 3.97. The lowest BCUT2D eigenvalue weighted by Gasteiger charge is -2.11. The Bertz CT molecular complexity index is 945. The molecule has 3 rings (SSSR count). The number of aryl methyl sites for hydroxylation is 1. The molecular formula is C20H19ClN4O2. The lowest BCUT2D eigenvalue weighted by molar-refractivity contribution is 0.0526. The van der Waals surface area contributed by atoms with E-state index in [9.17, 15) is 4.79 Å². The molecule has 27 heavy (non-hydrogen) atoms. The fourth-order valence-corrected chi connectivity index (χ4v) is 2.61. The van der Waals surface area contributed by atoms with Crippen LogP contribution in [0.5, 0.6) is 0 Å². The number of benzene rings is 2. The fourth-order valence-electron chi connectivity index (χ4n) is 2.42. The van der Waals surface area contributed by atoms with Crippen molar-refractivity contribution in [2.45, 2.75) is 13.8 Å². The Morgan fingerprint density at radius 2 is 1.81 bits per heavy atom. The monoisotopic (exact) mass is 382 g/mol. The van der Waals surface area contributed by atoms with Gasteiger partial charge in [0.05, 0.1) is 22.9 Å². The molecule has 138 valence electrons. The van der Waals surface area contributed by atoms with Crippen LogP contribution in [-0.2, 0) is 4.74 Å². The second-order valence-electron chi connectivity index (χ2n) is 5.75. The summed E-state index contributed by atoms with van der Waals surface area (Å²) in [6.45, 7) is 4.01. The summed E-state index contributed by atoms with van der Waals surface area (Å²) in [5.74, 6) is 0.725. The van der Waals surface area contributed by atoms with Gasteiger partial charge in [0.1, 0.15) is 5.82 Å². The zero-order chi connectivity index (χ0) is 19.2. The maximum Gasteiger partial charge on any atom is 0.338 e. The van der Waals surface area contributed by atoms with Crippen molar-refractivity contribution >= 4 is 40.7 Å². The number of hydrogen-bond donors (Lipinski definition) is 2. The van der Waals surface area contributed by atoms with Crippen molar-refractivity contribution in [3.8, 4) is 0 Å². The van der Waals surface area contributed by atoms with Crippen LogP contribution >= 0.6 is 11.6 Å². The molecule has 0 aliphatic rings. The number of hydrogen-bond acceptors (Lipinski definition) is 6. The number of carbonyl (C=O) groups excluding carboxylic acids is 1. The molecule has 0 unspecified atom stereocenters. The van der Waals surface area contributed by atoms with Gasteiger partial charge in [0.25, 0.3) is 0 Å². The van der Waals surface area contributed by atoms with Crippen LogP contribution in [0.15, 0.2) is 54.6 Å². The number of carbonyl (C=O) groups is 1. The predicted molar refractivity (Wildman–Crippen MR) is 107 cm³/mol. The van der Waals surface area contributed by atoms with Crippen molar-refractivity contribution in [2.75, 3.05) is 17.2 Å². The third kappa shape index (κ3) is 4.95. The maximum absolute atomic E-state index is 11.7. The number of para-hydroxylation sites is 1. The van der Waals surface area contributed by atoms with Crippen LogP contribution in [-0.4, -0.2) is 22.5 Å². The van der Waals surface area contributed by atoms with Gasteiger partial charge >= 0.3 is 5.97 Å². The van der Waals surface area contributed by atoms with Crippen LogP contribution in [0.25, 0.3) is 0 Å². The summed E-state index contributed by atoms with van der Waals surface area (Å²) in [6, 6.07) is 16.2. The normalized spacial score (nSPS) is 10.3. The average Bonchev–Trinajstić information content (AvgIpc) is 2.64. The Hall–Kier alpha value is -3.12. The van der Waals surface area contributed by atoms with Gasteiger partial charge in [0.15, 0.2) is 0 Å². The molecule has 0 radical (unpaired) electrons. The first-order chi connectivity index (χ1) is 13.0. The minimum absolute atomic E-state index is 0.340. The van der Waals surface area contributed by atoms with Crippen LogP contribution in [0.1, 0.15) is 23.0 Å². The zero-order valence-electron chi connectivity index (χ0n) is 15.0. The van der Waals surface area contributed by atoms with Gasteiger partial charge in [-0.1, -0.05) is 23.7 Å². The molecule has 0 spiro atoms. The second-order valence-corrected chi connectivity index (χ2v) is 6.15.